The van der Waals surface area contributed by atoms with E-state index in [-0.39, 0.29) is 0 Å². The molecule has 0 saturated carbocycles. The van der Waals surface area contributed by atoms with E-state index in [1.54, 1.807) is 23.9 Å². The summed E-state index contributed by atoms with van der Waals surface area (Å²) in [5.74, 6) is 0.392. The molecule has 0 aliphatic rings. The number of hydrogen-bond donors (Lipinski definition) is 2. The van der Waals surface area contributed by atoms with Crippen molar-refractivity contribution < 1.29 is 4.79 Å². The van der Waals surface area contributed by atoms with E-state index in [2.05, 4.69) is 0 Å². The summed E-state index contributed by atoms with van der Waals surface area (Å²) in [6.45, 7) is 1.97. The largest absolute Gasteiger partial charge is 0.398 e. The van der Waals surface area contributed by atoms with Crippen LogP contribution in [0.1, 0.15) is 21.5 Å². The zero-order valence-electron chi connectivity index (χ0n) is 11.0. The molecule has 0 atom stereocenters. The average molecular weight is 307 g/mol. The van der Waals surface area contributed by atoms with E-state index in [0.717, 1.165) is 21.8 Å². The zero-order valence-corrected chi connectivity index (χ0v) is 12.6. The number of anilines is 1. The number of nitrogens with two attached hydrogens (primary N) is 2. The summed E-state index contributed by atoms with van der Waals surface area (Å²) in [4.78, 5) is 12.2. The van der Waals surface area contributed by atoms with E-state index in [9.17, 15) is 4.79 Å². The van der Waals surface area contributed by atoms with E-state index in [4.69, 9.17) is 23.1 Å². The van der Waals surface area contributed by atoms with Gasteiger partial charge in [-0.25, -0.2) is 0 Å². The topological polar surface area (TPSA) is 69.1 Å². The van der Waals surface area contributed by atoms with Crippen molar-refractivity contribution in [3.05, 3.63) is 58.1 Å². The fraction of sp³-hybridized carbons (Fsp3) is 0.133. The van der Waals surface area contributed by atoms with Gasteiger partial charge in [0.15, 0.2) is 0 Å². The van der Waals surface area contributed by atoms with Crippen molar-refractivity contribution in [2.45, 2.75) is 17.6 Å². The van der Waals surface area contributed by atoms with Crippen LogP contribution in [0.5, 0.6) is 0 Å². The normalized spacial score (nSPS) is 10.5. The molecule has 2 aromatic carbocycles. The van der Waals surface area contributed by atoms with E-state index in [0.29, 0.717) is 16.3 Å². The van der Waals surface area contributed by atoms with Gasteiger partial charge in [0, 0.05) is 16.2 Å². The molecule has 0 aliphatic carbocycles. The molecule has 0 spiro atoms. The van der Waals surface area contributed by atoms with E-state index < -0.39 is 5.91 Å². The molecular formula is C15H15ClN2OS. The van der Waals surface area contributed by atoms with Gasteiger partial charge in [0.2, 0.25) is 5.91 Å². The van der Waals surface area contributed by atoms with Gasteiger partial charge in [-0.15, -0.1) is 11.8 Å². The van der Waals surface area contributed by atoms with Gasteiger partial charge in [-0.05, 0) is 48.4 Å². The number of halogens is 1. The van der Waals surface area contributed by atoms with Crippen molar-refractivity contribution in [2.24, 2.45) is 5.73 Å². The number of nitrogen functional groups attached to an aromatic ring is 1. The molecule has 0 heterocycles. The van der Waals surface area contributed by atoms with Crippen molar-refractivity contribution in [2.75, 3.05) is 5.73 Å². The summed E-state index contributed by atoms with van der Waals surface area (Å²) >= 11 is 7.66. The summed E-state index contributed by atoms with van der Waals surface area (Å²) in [6.07, 6.45) is 0. The van der Waals surface area contributed by atoms with Crippen molar-refractivity contribution in [3.8, 4) is 0 Å². The van der Waals surface area contributed by atoms with Crippen LogP contribution >= 0.6 is 23.4 Å². The summed E-state index contributed by atoms with van der Waals surface area (Å²) in [7, 11) is 0. The Balaban J connectivity index is 2.10. The van der Waals surface area contributed by atoms with Gasteiger partial charge in [0.1, 0.15) is 0 Å². The standard InChI is InChI=1S/C15H15ClN2OS/c1-9-6-10(15(18)19)2-3-11(9)8-20-12-4-5-14(17)13(16)7-12/h2-7H,8,17H2,1H3,(H2,18,19). The van der Waals surface area contributed by atoms with Gasteiger partial charge < -0.3 is 11.5 Å². The molecule has 5 heteroatoms. The van der Waals surface area contributed by atoms with Gasteiger partial charge in [-0.2, -0.15) is 0 Å². The Morgan fingerprint density at radius 3 is 2.60 bits per heavy atom. The quantitative estimate of drug-likeness (QED) is 0.669. The van der Waals surface area contributed by atoms with Crippen molar-refractivity contribution >= 4 is 35.0 Å². The molecule has 2 rings (SSSR count). The first-order chi connectivity index (χ1) is 9.47. The zero-order chi connectivity index (χ0) is 14.7. The molecule has 3 nitrogen and oxygen atoms in total. The number of amides is 1. The predicted molar refractivity (Wildman–Crippen MR) is 85.1 cm³/mol. The molecule has 0 saturated heterocycles. The fourth-order valence-electron chi connectivity index (χ4n) is 1.77. The van der Waals surface area contributed by atoms with Crippen LogP contribution in [-0.2, 0) is 5.75 Å². The van der Waals surface area contributed by atoms with Crippen LogP contribution in [-0.4, -0.2) is 5.91 Å². The van der Waals surface area contributed by atoms with E-state index >= 15 is 0 Å². The molecule has 0 fully saturated rings. The highest BCUT2D eigenvalue weighted by molar-refractivity contribution is 7.98. The highest BCUT2D eigenvalue weighted by Crippen LogP contribution is 2.29. The first-order valence-corrected chi connectivity index (χ1v) is 7.41. The third kappa shape index (κ3) is 3.46. The number of thioether (sulfide) groups is 1. The third-order valence-electron chi connectivity index (χ3n) is 2.99. The van der Waals surface area contributed by atoms with Gasteiger partial charge >= 0.3 is 0 Å². The Bertz CT molecular complexity index is 658. The van der Waals surface area contributed by atoms with Crippen molar-refractivity contribution in [1.29, 1.82) is 0 Å². The number of hydrogen-bond acceptors (Lipinski definition) is 3. The van der Waals surface area contributed by atoms with Gasteiger partial charge in [-0.3, -0.25) is 4.79 Å². The SMILES string of the molecule is Cc1cc(C(N)=O)ccc1CSc1ccc(N)c(Cl)c1. The molecule has 0 bridgehead atoms. The van der Waals surface area contributed by atoms with Crippen molar-refractivity contribution in [1.82, 2.24) is 0 Å². The molecule has 0 radical (unpaired) electrons. The lowest BCUT2D eigenvalue weighted by molar-refractivity contribution is 0.1000. The second kappa shape index (κ2) is 6.20. The lowest BCUT2D eigenvalue weighted by Gasteiger charge is -2.08. The summed E-state index contributed by atoms with van der Waals surface area (Å²) < 4.78 is 0. The number of primary amides is 1. The summed E-state index contributed by atoms with van der Waals surface area (Å²) in [5.41, 5.74) is 14.3. The molecule has 0 unspecified atom stereocenters. The molecular weight excluding hydrogens is 292 g/mol. The van der Waals surface area contributed by atoms with Crippen LogP contribution in [0.25, 0.3) is 0 Å². The monoisotopic (exact) mass is 306 g/mol. The second-order valence-corrected chi connectivity index (χ2v) is 5.93. The molecule has 0 aromatic heterocycles. The maximum atomic E-state index is 11.1. The number of carbonyl (C=O) groups excluding carboxylic acids is 1. The third-order valence-corrected chi connectivity index (χ3v) is 4.36. The second-order valence-electron chi connectivity index (χ2n) is 4.48. The van der Waals surface area contributed by atoms with E-state index in [1.165, 1.54) is 0 Å². The fourth-order valence-corrected chi connectivity index (χ4v) is 3.03. The van der Waals surface area contributed by atoms with Crippen LogP contribution in [0.2, 0.25) is 5.02 Å². The van der Waals surface area contributed by atoms with Crippen LogP contribution in [0.4, 0.5) is 5.69 Å². The Morgan fingerprint density at radius 1 is 1.25 bits per heavy atom. The highest BCUT2D eigenvalue weighted by Gasteiger charge is 2.05. The minimum atomic E-state index is -0.405. The van der Waals surface area contributed by atoms with Crippen LogP contribution < -0.4 is 11.5 Å². The molecule has 0 aliphatic heterocycles. The number of rotatable bonds is 4. The molecule has 2 aromatic rings. The Labute approximate surface area is 127 Å². The molecule has 20 heavy (non-hydrogen) atoms. The van der Waals surface area contributed by atoms with Crippen LogP contribution in [0, 0.1) is 6.92 Å². The maximum absolute atomic E-state index is 11.1. The lowest BCUT2D eigenvalue weighted by Crippen LogP contribution is -2.11. The average Bonchev–Trinajstić information content (AvgIpc) is 2.41. The Morgan fingerprint density at radius 2 is 2.00 bits per heavy atom. The first-order valence-electron chi connectivity index (χ1n) is 6.04. The lowest BCUT2D eigenvalue weighted by atomic mass is 10.1. The summed E-state index contributed by atoms with van der Waals surface area (Å²) in [6, 6.07) is 11.1. The molecule has 1 amide bonds. The minimum Gasteiger partial charge on any atom is -0.398 e. The van der Waals surface area contributed by atoms with Gasteiger partial charge in [-0.1, -0.05) is 17.7 Å². The van der Waals surface area contributed by atoms with Gasteiger partial charge in [0.25, 0.3) is 0 Å². The van der Waals surface area contributed by atoms with Gasteiger partial charge in [0.05, 0.1) is 10.7 Å². The minimum absolute atomic E-state index is 0.405. The smallest absolute Gasteiger partial charge is 0.248 e. The molecule has 4 N–H and O–H groups in total. The Kier molecular flexibility index (Phi) is 4.57. The number of aryl methyl sites for hydroxylation is 1. The Hall–Kier alpha value is -1.65. The highest BCUT2D eigenvalue weighted by atomic mass is 35.5. The maximum Gasteiger partial charge on any atom is 0.248 e. The van der Waals surface area contributed by atoms with Crippen LogP contribution in [0.15, 0.2) is 41.3 Å². The first kappa shape index (κ1) is 14.8. The van der Waals surface area contributed by atoms with Crippen molar-refractivity contribution in [3.63, 3.8) is 0 Å². The number of carbonyl (C=O) groups is 1. The summed E-state index contributed by atoms with van der Waals surface area (Å²) in [5, 5.41) is 0.566. The molecule has 104 valence electrons. The van der Waals surface area contributed by atoms with Crippen LogP contribution in [0.3, 0.4) is 0 Å². The van der Waals surface area contributed by atoms with E-state index in [1.807, 2.05) is 31.2 Å². The predicted octanol–water partition coefficient (Wildman–Crippen LogP) is 3.62. The number of benzene rings is 2.